The third-order valence-electron chi connectivity index (χ3n) is 0.318. The van der Waals surface area contributed by atoms with Gasteiger partial charge in [-0.3, -0.25) is 4.79 Å². The van der Waals surface area contributed by atoms with E-state index in [1.54, 1.807) is 0 Å². The minimum absolute atomic E-state index is 0.156. The van der Waals surface area contributed by atoms with Crippen molar-refractivity contribution in [2.75, 3.05) is 5.88 Å². The van der Waals surface area contributed by atoms with Crippen LogP contribution in [0.4, 0.5) is 0 Å². The average molecular weight is 107 g/mol. The Labute approximate surface area is 41.3 Å². The van der Waals surface area contributed by atoms with Crippen LogP contribution in [0.25, 0.3) is 0 Å². The first-order valence-corrected chi connectivity index (χ1v) is 2.04. The molecule has 2 nitrogen and oxygen atoms in total. The molecule has 0 aromatic heterocycles. The third-order valence-corrected chi connectivity index (χ3v) is 0.650. The standard InChI is InChI=1S/C3H5ClNO/c4-1-3(5)2-6/h3H,1,5H2/t3-/m0/s1. The highest BCUT2D eigenvalue weighted by Gasteiger charge is 1.93. The SMILES string of the molecule is N[C@H]([C]=O)CCl. The monoisotopic (exact) mass is 106 g/mol. The molecule has 1 atom stereocenters. The van der Waals surface area contributed by atoms with Crippen LogP contribution in [0.15, 0.2) is 0 Å². The Morgan fingerprint density at radius 3 is 2.50 bits per heavy atom. The highest BCUT2D eigenvalue weighted by atomic mass is 35.5. The fraction of sp³-hybridized carbons (Fsp3) is 0.667. The first kappa shape index (κ1) is 5.92. The molecule has 6 heavy (non-hydrogen) atoms. The fourth-order valence-electron chi connectivity index (χ4n) is 0.0315. The molecule has 0 heterocycles. The minimum Gasteiger partial charge on any atom is -0.320 e. The molecule has 0 aromatic carbocycles. The van der Waals surface area contributed by atoms with Crippen LogP contribution in [0.1, 0.15) is 0 Å². The quantitative estimate of drug-likeness (QED) is 0.490. The van der Waals surface area contributed by atoms with Crippen molar-refractivity contribution in [1.82, 2.24) is 0 Å². The summed E-state index contributed by atoms with van der Waals surface area (Å²) in [5.74, 6) is 0.156. The molecule has 0 bridgehead atoms. The van der Waals surface area contributed by atoms with Gasteiger partial charge in [0.15, 0.2) is 0 Å². The lowest BCUT2D eigenvalue weighted by molar-refractivity contribution is 0.546. The Kier molecular flexibility index (Phi) is 3.08. The van der Waals surface area contributed by atoms with Crippen LogP contribution >= 0.6 is 11.6 Å². The molecule has 3 heteroatoms. The molecule has 0 unspecified atom stereocenters. The Morgan fingerprint density at radius 2 is 2.50 bits per heavy atom. The average Bonchev–Trinajstić information content (AvgIpc) is 1.65. The number of alkyl halides is 1. The van der Waals surface area contributed by atoms with Crippen LogP contribution < -0.4 is 5.73 Å². The molecule has 0 saturated carbocycles. The van der Waals surface area contributed by atoms with Crippen molar-refractivity contribution in [2.24, 2.45) is 5.73 Å². The Hall–Kier alpha value is -0.0800. The van der Waals surface area contributed by atoms with Crippen LogP contribution in [0, 0.1) is 0 Å². The lowest BCUT2D eigenvalue weighted by Crippen LogP contribution is -2.22. The Balaban J connectivity index is 2.96. The van der Waals surface area contributed by atoms with Crippen molar-refractivity contribution in [2.45, 2.75) is 6.04 Å². The molecular weight excluding hydrogens is 101 g/mol. The second kappa shape index (κ2) is 3.12. The molecule has 0 saturated heterocycles. The number of nitrogens with two attached hydrogens (primary N) is 1. The van der Waals surface area contributed by atoms with Crippen molar-refractivity contribution >= 4 is 17.9 Å². The first-order valence-electron chi connectivity index (χ1n) is 1.50. The summed E-state index contributed by atoms with van der Waals surface area (Å²) < 4.78 is 0. The summed E-state index contributed by atoms with van der Waals surface area (Å²) in [6.45, 7) is 0. The first-order chi connectivity index (χ1) is 2.81. The van der Waals surface area contributed by atoms with Gasteiger partial charge in [-0.25, -0.2) is 0 Å². The van der Waals surface area contributed by atoms with E-state index in [1.807, 2.05) is 0 Å². The zero-order valence-corrected chi connectivity index (χ0v) is 3.90. The van der Waals surface area contributed by atoms with Crippen molar-refractivity contribution in [1.29, 1.82) is 0 Å². The van der Waals surface area contributed by atoms with E-state index in [1.165, 1.54) is 6.29 Å². The van der Waals surface area contributed by atoms with Crippen LogP contribution in [0.3, 0.4) is 0 Å². The molecule has 35 valence electrons. The largest absolute Gasteiger partial charge is 0.320 e. The van der Waals surface area contributed by atoms with E-state index < -0.39 is 6.04 Å². The third kappa shape index (κ3) is 2.18. The summed E-state index contributed by atoms with van der Waals surface area (Å²) in [7, 11) is 0. The number of hydrogen-bond acceptors (Lipinski definition) is 2. The maximum Gasteiger partial charge on any atom is 0.217 e. The summed E-state index contributed by atoms with van der Waals surface area (Å²) in [6.07, 6.45) is 1.51. The second-order valence-corrected chi connectivity index (χ2v) is 1.19. The van der Waals surface area contributed by atoms with Gasteiger partial charge in [-0.1, -0.05) is 0 Å². The van der Waals surface area contributed by atoms with Crippen LogP contribution in [0.2, 0.25) is 0 Å². The van der Waals surface area contributed by atoms with Gasteiger partial charge in [0.05, 0.1) is 6.04 Å². The topological polar surface area (TPSA) is 43.1 Å². The number of carbonyl (C=O) groups excluding carboxylic acids is 1. The summed E-state index contributed by atoms with van der Waals surface area (Å²) in [5.41, 5.74) is 4.92. The van der Waals surface area contributed by atoms with E-state index in [-0.39, 0.29) is 5.88 Å². The van der Waals surface area contributed by atoms with Crippen LogP contribution in [-0.4, -0.2) is 18.2 Å². The minimum atomic E-state index is -0.605. The maximum atomic E-state index is 9.40. The molecule has 0 amide bonds. The number of rotatable bonds is 2. The van der Waals surface area contributed by atoms with Gasteiger partial charge in [-0.2, -0.15) is 0 Å². The number of hydrogen-bond donors (Lipinski definition) is 1. The second-order valence-electron chi connectivity index (χ2n) is 0.879. The van der Waals surface area contributed by atoms with Crippen molar-refractivity contribution in [3.8, 4) is 0 Å². The molecule has 0 rings (SSSR count). The van der Waals surface area contributed by atoms with Crippen molar-refractivity contribution in [3.63, 3.8) is 0 Å². The maximum absolute atomic E-state index is 9.40. The van der Waals surface area contributed by atoms with Gasteiger partial charge in [0.25, 0.3) is 0 Å². The summed E-state index contributed by atoms with van der Waals surface area (Å²) in [6, 6.07) is -0.605. The van der Waals surface area contributed by atoms with Gasteiger partial charge < -0.3 is 5.73 Å². The highest BCUT2D eigenvalue weighted by Crippen LogP contribution is 1.74. The van der Waals surface area contributed by atoms with E-state index >= 15 is 0 Å². The van der Waals surface area contributed by atoms with Gasteiger partial charge in [-0.15, -0.1) is 11.6 Å². The molecule has 1 radical (unpaired) electrons. The highest BCUT2D eigenvalue weighted by molar-refractivity contribution is 6.19. The molecule has 2 N–H and O–H groups in total. The lowest BCUT2D eigenvalue weighted by atomic mass is 10.4. The predicted octanol–water partition coefficient (Wildman–Crippen LogP) is -0.338. The van der Waals surface area contributed by atoms with Gasteiger partial charge in [0.2, 0.25) is 6.29 Å². The van der Waals surface area contributed by atoms with E-state index in [4.69, 9.17) is 17.3 Å². The van der Waals surface area contributed by atoms with Gasteiger partial charge in [0, 0.05) is 5.88 Å². The van der Waals surface area contributed by atoms with Gasteiger partial charge >= 0.3 is 0 Å². The van der Waals surface area contributed by atoms with Crippen LogP contribution in [-0.2, 0) is 4.79 Å². The smallest absolute Gasteiger partial charge is 0.217 e. The van der Waals surface area contributed by atoms with E-state index in [9.17, 15) is 4.79 Å². The van der Waals surface area contributed by atoms with E-state index in [0.29, 0.717) is 0 Å². The molecule has 0 aliphatic carbocycles. The molecule has 0 aliphatic heterocycles. The van der Waals surface area contributed by atoms with Gasteiger partial charge in [-0.05, 0) is 0 Å². The molecule has 0 fully saturated rings. The zero-order valence-electron chi connectivity index (χ0n) is 3.15. The van der Waals surface area contributed by atoms with Crippen LogP contribution in [0.5, 0.6) is 0 Å². The molecule has 0 spiro atoms. The fourth-order valence-corrected chi connectivity index (χ4v) is 0.0945. The summed E-state index contributed by atoms with van der Waals surface area (Å²) in [5, 5.41) is 0. The summed E-state index contributed by atoms with van der Waals surface area (Å²) >= 11 is 5.06. The van der Waals surface area contributed by atoms with E-state index in [2.05, 4.69) is 0 Å². The Bertz CT molecular complexity index is 48.1. The van der Waals surface area contributed by atoms with E-state index in [0.717, 1.165) is 0 Å². The normalized spacial score (nSPS) is 13.7. The number of halogens is 1. The Morgan fingerprint density at radius 1 is 2.00 bits per heavy atom. The molecule has 0 aliphatic rings. The summed E-state index contributed by atoms with van der Waals surface area (Å²) in [4.78, 5) is 9.40. The van der Waals surface area contributed by atoms with Crippen molar-refractivity contribution < 1.29 is 4.79 Å². The predicted molar refractivity (Wildman–Crippen MR) is 24.4 cm³/mol. The zero-order chi connectivity index (χ0) is 4.99. The molecule has 0 aromatic rings. The lowest BCUT2D eigenvalue weighted by Gasteiger charge is -1.87. The molecular formula is C3H5ClNO. The van der Waals surface area contributed by atoms with Crippen molar-refractivity contribution in [3.05, 3.63) is 0 Å². The van der Waals surface area contributed by atoms with Gasteiger partial charge in [0.1, 0.15) is 0 Å².